The third-order valence-corrected chi connectivity index (χ3v) is 6.31. The molecule has 1 N–H and O–H groups in total. The van der Waals surface area contributed by atoms with Gasteiger partial charge >= 0.3 is 0 Å². The fourth-order valence-electron chi connectivity index (χ4n) is 3.42. The van der Waals surface area contributed by atoms with Crippen LogP contribution in [0.25, 0.3) is 0 Å². The van der Waals surface area contributed by atoms with Crippen molar-refractivity contribution in [2.24, 2.45) is 0 Å². The van der Waals surface area contributed by atoms with Crippen LogP contribution in [-0.4, -0.2) is 51.5 Å². The number of methoxy groups -OCH3 is 1. The van der Waals surface area contributed by atoms with E-state index in [4.69, 9.17) is 18.9 Å². The van der Waals surface area contributed by atoms with Crippen LogP contribution in [0.2, 0.25) is 0 Å². The monoisotopic (exact) mass is 396 g/mol. The number of nitriles is 1. The lowest BCUT2D eigenvalue weighted by Gasteiger charge is -2.32. The lowest BCUT2D eigenvalue weighted by atomic mass is 9.93. The Kier molecular flexibility index (Phi) is 5.10. The number of nitrogens with one attached hydrogen (secondary N) is 1. The van der Waals surface area contributed by atoms with Crippen molar-refractivity contribution >= 4 is 10.0 Å². The molecule has 2 saturated heterocycles. The lowest BCUT2D eigenvalue weighted by Crippen LogP contribution is -2.57. The predicted molar refractivity (Wildman–Crippen MR) is 95.0 cm³/mol. The number of ether oxygens (including phenoxy) is 4. The average molecular weight is 396 g/mol. The normalized spacial score (nSPS) is 31.9. The summed E-state index contributed by atoms with van der Waals surface area (Å²) in [7, 11) is -2.50. The second kappa shape index (κ2) is 6.81. The Morgan fingerprint density at radius 1 is 1.22 bits per heavy atom. The van der Waals surface area contributed by atoms with Gasteiger partial charge in [-0.15, -0.1) is 0 Å². The van der Waals surface area contributed by atoms with Gasteiger partial charge in [0, 0.05) is 7.11 Å². The molecule has 5 atom stereocenters. The molecule has 0 aliphatic carbocycles. The molecular formula is C18H24N2O6S. The molecule has 27 heavy (non-hydrogen) atoms. The van der Waals surface area contributed by atoms with Gasteiger partial charge in [0.15, 0.2) is 12.1 Å². The summed E-state index contributed by atoms with van der Waals surface area (Å²) in [6.07, 6.45) is -2.90. The summed E-state index contributed by atoms with van der Waals surface area (Å²) in [5, 5.41) is 9.81. The summed E-state index contributed by atoms with van der Waals surface area (Å²) in [5.41, 5.74) is -0.662. The quantitative estimate of drug-likeness (QED) is 0.803. The Morgan fingerprint density at radius 2 is 1.81 bits per heavy atom. The Labute approximate surface area is 159 Å². The van der Waals surface area contributed by atoms with Crippen molar-refractivity contribution < 1.29 is 27.4 Å². The number of rotatable bonds is 5. The van der Waals surface area contributed by atoms with E-state index >= 15 is 0 Å². The molecule has 0 saturated carbocycles. The van der Waals surface area contributed by atoms with Crippen molar-refractivity contribution in [3.8, 4) is 6.07 Å². The highest BCUT2D eigenvalue weighted by molar-refractivity contribution is 7.89. The molecule has 0 unspecified atom stereocenters. The summed E-state index contributed by atoms with van der Waals surface area (Å²) in [4.78, 5) is 0.0660. The van der Waals surface area contributed by atoms with E-state index in [-0.39, 0.29) is 4.90 Å². The van der Waals surface area contributed by atoms with Gasteiger partial charge in [0.2, 0.25) is 10.0 Å². The third-order valence-electron chi connectivity index (χ3n) is 4.72. The zero-order valence-corrected chi connectivity index (χ0v) is 16.7. The first-order chi connectivity index (χ1) is 12.5. The van der Waals surface area contributed by atoms with Crippen LogP contribution in [-0.2, 0) is 29.0 Å². The maximum Gasteiger partial charge on any atom is 0.242 e. The Balaban J connectivity index is 1.91. The van der Waals surface area contributed by atoms with Crippen molar-refractivity contribution in [1.82, 2.24) is 4.72 Å². The summed E-state index contributed by atoms with van der Waals surface area (Å²) in [6.45, 7) is 6.82. The molecule has 1 aromatic carbocycles. The fraction of sp³-hybridized carbons (Fsp3) is 0.611. The van der Waals surface area contributed by atoms with E-state index in [9.17, 15) is 13.7 Å². The standard InChI is InChI=1S/C18H24N2O6S/c1-11-6-8-12(9-7-11)27(21,22)20-18(4,10-19)15-13-14(16(23-5)24-15)26-17(2,3)25-13/h6-9,13-16,20H,1-5H3/t13-,14+,15+,16+,18+/m1/s1. The summed E-state index contributed by atoms with van der Waals surface area (Å²) in [6, 6.07) is 8.40. The maximum atomic E-state index is 12.8. The minimum atomic E-state index is -3.96. The van der Waals surface area contributed by atoms with Crippen LogP contribution < -0.4 is 4.72 Å². The molecule has 2 aliphatic heterocycles. The van der Waals surface area contributed by atoms with Gasteiger partial charge in [0.05, 0.1) is 11.0 Å². The Hall–Kier alpha value is -1.54. The van der Waals surface area contributed by atoms with Crippen LogP contribution in [0.15, 0.2) is 29.2 Å². The molecule has 0 amide bonds. The lowest BCUT2D eigenvalue weighted by molar-refractivity contribution is -0.231. The molecule has 2 fully saturated rings. The van der Waals surface area contributed by atoms with Crippen molar-refractivity contribution in [2.75, 3.05) is 7.11 Å². The van der Waals surface area contributed by atoms with Crippen LogP contribution >= 0.6 is 0 Å². The van der Waals surface area contributed by atoms with Crippen LogP contribution in [0, 0.1) is 18.3 Å². The molecule has 0 radical (unpaired) electrons. The fourth-order valence-corrected chi connectivity index (χ4v) is 4.75. The van der Waals surface area contributed by atoms with Crippen molar-refractivity contribution in [3.05, 3.63) is 29.8 Å². The van der Waals surface area contributed by atoms with Crippen LogP contribution in [0.4, 0.5) is 0 Å². The molecule has 1 aromatic rings. The van der Waals surface area contributed by atoms with Crippen LogP contribution in [0.5, 0.6) is 0 Å². The van der Waals surface area contributed by atoms with E-state index in [1.54, 1.807) is 26.0 Å². The molecule has 148 valence electrons. The smallest absolute Gasteiger partial charge is 0.242 e. The summed E-state index contributed by atoms with van der Waals surface area (Å²) in [5.74, 6) is -0.889. The number of hydrogen-bond donors (Lipinski definition) is 1. The second-order valence-electron chi connectivity index (χ2n) is 7.46. The van der Waals surface area contributed by atoms with E-state index in [0.29, 0.717) is 0 Å². The minimum Gasteiger partial charge on any atom is -0.353 e. The van der Waals surface area contributed by atoms with Crippen molar-refractivity contribution in [2.45, 2.75) is 68.5 Å². The van der Waals surface area contributed by atoms with Gasteiger partial charge in [-0.05, 0) is 39.8 Å². The van der Waals surface area contributed by atoms with Gasteiger partial charge in [-0.3, -0.25) is 0 Å². The van der Waals surface area contributed by atoms with E-state index < -0.39 is 46.0 Å². The first kappa shape index (κ1) is 20.2. The van der Waals surface area contributed by atoms with E-state index in [0.717, 1.165) is 5.56 Å². The molecular weight excluding hydrogens is 372 g/mol. The molecule has 0 spiro atoms. The summed E-state index contributed by atoms with van der Waals surface area (Å²) >= 11 is 0. The number of sulfonamides is 1. The molecule has 9 heteroatoms. The number of fused-ring (bicyclic) bond motifs is 1. The summed E-state index contributed by atoms with van der Waals surface area (Å²) < 4.78 is 50.9. The zero-order chi connectivity index (χ0) is 20.0. The number of benzene rings is 1. The first-order valence-electron chi connectivity index (χ1n) is 8.57. The maximum absolute atomic E-state index is 12.8. The number of aryl methyl sites for hydroxylation is 1. The first-order valence-corrected chi connectivity index (χ1v) is 10.1. The highest BCUT2D eigenvalue weighted by Gasteiger charge is 2.61. The van der Waals surface area contributed by atoms with Crippen LogP contribution in [0.3, 0.4) is 0 Å². The van der Waals surface area contributed by atoms with E-state index in [2.05, 4.69) is 4.72 Å². The van der Waals surface area contributed by atoms with Crippen molar-refractivity contribution in [3.63, 3.8) is 0 Å². The molecule has 3 rings (SSSR count). The van der Waals surface area contributed by atoms with Gasteiger partial charge in [0.1, 0.15) is 23.9 Å². The number of nitrogens with zero attached hydrogens (tertiary/aromatic N) is 1. The molecule has 0 aromatic heterocycles. The second-order valence-corrected chi connectivity index (χ2v) is 9.14. The van der Waals surface area contributed by atoms with Gasteiger partial charge in [-0.25, -0.2) is 8.42 Å². The largest absolute Gasteiger partial charge is 0.353 e. The van der Waals surface area contributed by atoms with Gasteiger partial charge < -0.3 is 18.9 Å². The zero-order valence-electron chi connectivity index (χ0n) is 15.9. The average Bonchev–Trinajstić information content (AvgIpc) is 3.07. The van der Waals surface area contributed by atoms with Crippen molar-refractivity contribution in [1.29, 1.82) is 5.26 Å². The van der Waals surface area contributed by atoms with E-state index in [1.165, 1.54) is 26.2 Å². The molecule has 2 aliphatic rings. The van der Waals surface area contributed by atoms with Gasteiger partial charge in [0.25, 0.3) is 0 Å². The molecule has 2 heterocycles. The van der Waals surface area contributed by atoms with Gasteiger partial charge in [-0.2, -0.15) is 9.98 Å². The topological polar surface area (TPSA) is 107 Å². The molecule has 0 bridgehead atoms. The Morgan fingerprint density at radius 3 is 2.37 bits per heavy atom. The number of hydrogen-bond acceptors (Lipinski definition) is 7. The predicted octanol–water partition coefficient (Wildman–Crippen LogP) is 1.45. The minimum absolute atomic E-state index is 0.0660. The van der Waals surface area contributed by atoms with Gasteiger partial charge in [-0.1, -0.05) is 17.7 Å². The SMILES string of the molecule is CO[C@H]1O[C@H]([C@](C)(C#N)NS(=O)(=O)c2ccc(C)cc2)[C@@H]2OC(C)(C)O[C@H]12. The highest BCUT2D eigenvalue weighted by Crippen LogP contribution is 2.42. The highest BCUT2D eigenvalue weighted by atomic mass is 32.2. The van der Waals surface area contributed by atoms with Crippen LogP contribution in [0.1, 0.15) is 26.3 Å². The Bertz CT molecular complexity index is 848. The van der Waals surface area contributed by atoms with E-state index in [1.807, 2.05) is 13.0 Å². The molecule has 8 nitrogen and oxygen atoms in total. The third kappa shape index (κ3) is 3.74.